The first-order valence-electron chi connectivity index (χ1n) is 8.16. The van der Waals surface area contributed by atoms with Crippen LogP contribution in [-0.2, 0) is 0 Å². The van der Waals surface area contributed by atoms with Crippen LogP contribution in [0.3, 0.4) is 0 Å². The van der Waals surface area contributed by atoms with Gasteiger partial charge < -0.3 is 5.32 Å². The molecule has 0 radical (unpaired) electrons. The van der Waals surface area contributed by atoms with E-state index >= 15 is 0 Å². The van der Waals surface area contributed by atoms with Gasteiger partial charge in [0.15, 0.2) is 0 Å². The average molecular weight is 393 g/mol. The van der Waals surface area contributed by atoms with Gasteiger partial charge in [-0.2, -0.15) is 0 Å². The fourth-order valence-electron chi connectivity index (χ4n) is 3.27. The SMILES string of the molecule is Cc1ccccc1N1C(=O)c2ccccc2[C@@H]1Nc1ccccc1Br. The van der Waals surface area contributed by atoms with Gasteiger partial charge >= 0.3 is 0 Å². The number of para-hydroxylation sites is 2. The van der Waals surface area contributed by atoms with Crippen LogP contribution in [0.4, 0.5) is 11.4 Å². The highest BCUT2D eigenvalue weighted by molar-refractivity contribution is 9.10. The maximum absolute atomic E-state index is 13.1. The summed E-state index contributed by atoms with van der Waals surface area (Å²) in [4.78, 5) is 15.0. The number of amides is 1. The summed E-state index contributed by atoms with van der Waals surface area (Å²) in [7, 11) is 0. The number of carbonyl (C=O) groups is 1. The summed E-state index contributed by atoms with van der Waals surface area (Å²) in [6, 6.07) is 23.7. The molecule has 0 saturated carbocycles. The second kappa shape index (κ2) is 6.37. The summed E-state index contributed by atoms with van der Waals surface area (Å²) < 4.78 is 0.969. The molecule has 0 spiro atoms. The molecule has 0 aromatic heterocycles. The van der Waals surface area contributed by atoms with Crippen LogP contribution in [0, 0.1) is 6.92 Å². The van der Waals surface area contributed by atoms with Crippen LogP contribution in [0.15, 0.2) is 77.3 Å². The van der Waals surface area contributed by atoms with Crippen LogP contribution in [0.2, 0.25) is 0 Å². The number of rotatable bonds is 3. The number of hydrogen-bond acceptors (Lipinski definition) is 2. The number of nitrogens with one attached hydrogen (secondary N) is 1. The Hall–Kier alpha value is -2.59. The maximum atomic E-state index is 13.1. The number of halogens is 1. The Balaban J connectivity index is 1.84. The second-order valence-electron chi connectivity index (χ2n) is 6.08. The molecule has 0 saturated heterocycles. The lowest BCUT2D eigenvalue weighted by Gasteiger charge is -2.28. The van der Waals surface area contributed by atoms with Gasteiger partial charge in [-0.3, -0.25) is 9.69 Å². The Morgan fingerprint density at radius 3 is 2.40 bits per heavy atom. The quantitative estimate of drug-likeness (QED) is 0.635. The van der Waals surface area contributed by atoms with Gasteiger partial charge in [-0.25, -0.2) is 0 Å². The number of hydrogen-bond donors (Lipinski definition) is 1. The van der Waals surface area contributed by atoms with Crippen molar-refractivity contribution in [2.75, 3.05) is 10.2 Å². The van der Waals surface area contributed by atoms with E-state index in [0.717, 1.165) is 32.5 Å². The summed E-state index contributed by atoms with van der Waals surface area (Å²) in [6.07, 6.45) is -0.247. The molecule has 0 fully saturated rings. The van der Waals surface area contributed by atoms with E-state index in [2.05, 4.69) is 21.2 Å². The average Bonchev–Trinajstić information content (AvgIpc) is 2.90. The highest BCUT2D eigenvalue weighted by Gasteiger charge is 2.38. The fourth-order valence-corrected chi connectivity index (χ4v) is 3.67. The monoisotopic (exact) mass is 392 g/mol. The third-order valence-corrected chi connectivity index (χ3v) is 5.20. The Kier molecular flexibility index (Phi) is 4.06. The number of carbonyl (C=O) groups excluding carboxylic acids is 1. The molecular formula is C21H17BrN2O. The third kappa shape index (κ3) is 2.72. The lowest BCUT2D eigenvalue weighted by atomic mass is 10.1. The summed E-state index contributed by atoms with van der Waals surface area (Å²) in [5.41, 5.74) is 4.69. The first-order chi connectivity index (χ1) is 12.2. The van der Waals surface area contributed by atoms with Crippen molar-refractivity contribution in [1.29, 1.82) is 0 Å². The molecule has 3 aromatic carbocycles. The van der Waals surface area contributed by atoms with E-state index < -0.39 is 0 Å². The molecule has 3 nitrogen and oxygen atoms in total. The van der Waals surface area contributed by atoms with Gasteiger partial charge in [-0.15, -0.1) is 0 Å². The van der Waals surface area contributed by atoms with Gasteiger partial charge in [0.25, 0.3) is 5.91 Å². The van der Waals surface area contributed by atoms with Crippen LogP contribution in [0.25, 0.3) is 0 Å². The van der Waals surface area contributed by atoms with Crippen LogP contribution in [0.1, 0.15) is 27.7 Å². The zero-order valence-electron chi connectivity index (χ0n) is 13.7. The minimum Gasteiger partial charge on any atom is -0.360 e. The molecular weight excluding hydrogens is 376 g/mol. The minimum atomic E-state index is -0.247. The largest absolute Gasteiger partial charge is 0.360 e. The number of benzene rings is 3. The smallest absolute Gasteiger partial charge is 0.260 e. The van der Waals surface area contributed by atoms with Crippen LogP contribution in [-0.4, -0.2) is 5.91 Å². The molecule has 0 bridgehead atoms. The normalized spacial score (nSPS) is 16.0. The summed E-state index contributed by atoms with van der Waals surface area (Å²) in [5, 5.41) is 3.53. The molecule has 1 N–H and O–H groups in total. The van der Waals surface area contributed by atoms with E-state index in [1.54, 1.807) is 0 Å². The Labute approximate surface area is 155 Å². The number of anilines is 2. The van der Waals surface area contributed by atoms with Crippen molar-refractivity contribution in [3.63, 3.8) is 0 Å². The van der Waals surface area contributed by atoms with Gasteiger partial charge in [0, 0.05) is 21.3 Å². The van der Waals surface area contributed by atoms with Crippen molar-refractivity contribution in [2.45, 2.75) is 13.1 Å². The van der Waals surface area contributed by atoms with Crippen molar-refractivity contribution in [3.05, 3.63) is 94.0 Å². The lowest BCUT2D eigenvalue weighted by molar-refractivity contribution is 0.0993. The molecule has 1 aliphatic rings. The third-order valence-electron chi connectivity index (χ3n) is 4.50. The van der Waals surface area contributed by atoms with Crippen molar-refractivity contribution in [2.24, 2.45) is 0 Å². The van der Waals surface area contributed by atoms with Crippen molar-refractivity contribution >= 4 is 33.2 Å². The molecule has 1 aliphatic heterocycles. The Morgan fingerprint density at radius 2 is 1.60 bits per heavy atom. The van der Waals surface area contributed by atoms with Gasteiger partial charge in [0.05, 0.1) is 5.69 Å². The van der Waals surface area contributed by atoms with Crippen molar-refractivity contribution in [1.82, 2.24) is 0 Å². The molecule has 1 atom stereocenters. The van der Waals surface area contributed by atoms with Crippen molar-refractivity contribution in [3.8, 4) is 0 Å². The predicted octanol–water partition coefficient (Wildman–Crippen LogP) is 5.53. The standard InChI is InChI=1S/C21H17BrN2O/c1-14-8-2-7-13-19(14)24-20(23-18-12-6-5-11-17(18)22)15-9-3-4-10-16(15)21(24)25/h2-13,20,23H,1H3/t20-/m1/s1. The van der Waals surface area contributed by atoms with Crippen LogP contribution in [0.5, 0.6) is 0 Å². The van der Waals surface area contributed by atoms with E-state index in [9.17, 15) is 4.79 Å². The predicted molar refractivity (Wildman–Crippen MR) is 105 cm³/mol. The zero-order valence-corrected chi connectivity index (χ0v) is 15.3. The molecule has 4 rings (SSSR count). The first kappa shape index (κ1) is 15.9. The number of aryl methyl sites for hydroxylation is 1. The molecule has 4 heteroatoms. The highest BCUT2D eigenvalue weighted by Crippen LogP contribution is 2.40. The lowest BCUT2D eigenvalue weighted by Crippen LogP contribution is -2.32. The van der Waals surface area contributed by atoms with Gasteiger partial charge in [0.1, 0.15) is 6.17 Å². The van der Waals surface area contributed by atoms with Crippen LogP contribution < -0.4 is 10.2 Å². The molecule has 1 heterocycles. The highest BCUT2D eigenvalue weighted by atomic mass is 79.9. The number of fused-ring (bicyclic) bond motifs is 1. The minimum absolute atomic E-state index is 0.0226. The number of nitrogens with zero attached hydrogens (tertiary/aromatic N) is 1. The molecule has 124 valence electrons. The summed E-state index contributed by atoms with van der Waals surface area (Å²) >= 11 is 3.58. The molecule has 3 aromatic rings. The molecule has 25 heavy (non-hydrogen) atoms. The Morgan fingerprint density at radius 1 is 0.920 bits per heavy atom. The second-order valence-corrected chi connectivity index (χ2v) is 6.93. The van der Waals surface area contributed by atoms with E-state index in [0.29, 0.717) is 0 Å². The van der Waals surface area contributed by atoms with Gasteiger partial charge in [0.2, 0.25) is 0 Å². The van der Waals surface area contributed by atoms with E-state index in [-0.39, 0.29) is 12.1 Å². The van der Waals surface area contributed by atoms with Crippen LogP contribution >= 0.6 is 15.9 Å². The van der Waals surface area contributed by atoms with E-state index in [4.69, 9.17) is 0 Å². The topological polar surface area (TPSA) is 32.3 Å². The van der Waals surface area contributed by atoms with Gasteiger partial charge in [-0.1, -0.05) is 48.5 Å². The van der Waals surface area contributed by atoms with Crippen molar-refractivity contribution < 1.29 is 4.79 Å². The molecule has 0 aliphatic carbocycles. The van der Waals surface area contributed by atoms with E-state index in [1.165, 1.54) is 0 Å². The Bertz CT molecular complexity index is 954. The molecule has 1 amide bonds. The fraction of sp³-hybridized carbons (Fsp3) is 0.0952. The summed E-state index contributed by atoms with van der Waals surface area (Å²) in [5.74, 6) is 0.0226. The zero-order chi connectivity index (χ0) is 17.4. The van der Waals surface area contributed by atoms with E-state index in [1.807, 2.05) is 84.6 Å². The summed E-state index contributed by atoms with van der Waals surface area (Å²) in [6.45, 7) is 2.03. The maximum Gasteiger partial charge on any atom is 0.260 e. The molecule has 0 unspecified atom stereocenters. The first-order valence-corrected chi connectivity index (χ1v) is 8.95. The van der Waals surface area contributed by atoms with Gasteiger partial charge in [-0.05, 0) is 52.7 Å².